The maximum Gasteiger partial charge on any atom is 0.326 e. The highest BCUT2D eigenvalue weighted by Gasteiger charge is 2.51. The fourth-order valence-electron chi connectivity index (χ4n) is 4.85. The van der Waals surface area contributed by atoms with Gasteiger partial charge >= 0.3 is 5.97 Å². The van der Waals surface area contributed by atoms with Crippen LogP contribution in [-0.2, 0) is 9.59 Å². The summed E-state index contributed by atoms with van der Waals surface area (Å²) in [5.74, 6) is -0.675. The standard InChI is InChI=1S/C23H30N2O3/c1-17(13-18-5-3-2-4-6-18)15-24-11-9-23(10-12-24)14-20(22(27)28)25(16-23)21(26)19-7-8-19/h2-6,13,19-20H,7-12,14-16H2,1H3,(H,27,28)/b17-13+/t20-/m0/s1. The second-order valence-electron chi connectivity index (χ2n) is 8.98. The molecule has 2 heterocycles. The Kier molecular flexibility index (Phi) is 5.28. The summed E-state index contributed by atoms with van der Waals surface area (Å²) >= 11 is 0. The smallest absolute Gasteiger partial charge is 0.326 e. The molecule has 150 valence electrons. The molecule has 5 heteroatoms. The Balaban J connectivity index is 1.36. The first-order chi connectivity index (χ1) is 13.5. The van der Waals surface area contributed by atoms with Crippen LogP contribution in [0.1, 0.15) is 44.6 Å². The molecule has 2 saturated heterocycles. The summed E-state index contributed by atoms with van der Waals surface area (Å²) in [4.78, 5) is 28.5. The van der Waals surface area contributed by atoms with Gasteiger partial charge in [0.2, 0.25) is 5.91 Å². The lowest BCUT2D eigenvalue weighted by atomic mass is 9.76. The van der Waals surface area contributed by atoms with Gasteiger partial charge in [0, 0.05) is 19.0 Å². The second kappa shape index (κ2) is 7.70. The summed E-state index contributed by atoms with van der Waals surface area (Å²) in [6.45, 7) is 5.68. The van der Waals surface area contributed by atoms with E-state index in [2.05, 4.69) is 42.2 Å². The number of likely N-dealkylation sites (tertiary alicyclic amines) is 2. The van der Waals surface area contributed by atoms with Crippen LogP contribution in [-0.4, -0.2) is 59.0 Å². The van der Waals surface area contributed by atoms with Crippen LogP contribution in [0.3, 0.4) is 0 Å². The number of hydrogen-bond donors (Lipinski definition) is 1. The fraction of sp³-hybridized carbons (Fsp3) is 0.565. The number of nitrogens with zero attached hydrogens (tertiary/aromatic N) is 2. The molecule has 1 spiro atoms. The Morgan fingerprint density at radius 1 is 1.18 bits per heavy atom. The van der Waals surface area contributed by atoms with Crippen molar-refractivity contribution >= 4 is 18.0 Å². The van der Waals surface area contributed by atoms with E-state index in [1.54, 1.807) is 4.90 Å². The Morgan fingerprint density at radius 2 is 1.86 bits per heavy atom. The Hall–Kier alpha value is -2.14. The maximum atomic E-state index is 12.6. The first-order valence-electron chi connectivity index (χ1n) is 10.4. The van der Waals surface area contributed by atoms with Crippen molar-refractivity contribution in [2.24, 2.45) is 11.3 Å². The van der Waals surface area contributed by atoms with E-state index >= 15 is 0 Å². The van der Waals surface area contributed by atoms with Gasteiger partial charge in [-0.05, 0) is 63.1 Å². The van der Waals surface area contributed by atoms with Crippen LogP contribution in [0.4, 0.5) is 0 Å². The molecule has 0 bridgehead atoms. The van der Waals surface area contributed by atoms with Crippen molar-refractivity contribution in [1.29, 1.82) is 0 Å². The summed E-state index contributed by atoms with van der Waals surface area (Å²) in [5.41, 5.74) is 2.55. The number of carboxylic acid groups (broad SMARTS) is 1. The maximum absolute atomic E-state index is 12.6. The predicted molar refractivity (Wildman–Crippen MR) is 109 cm³/mol. The highest BCUT2D eigenvalue weighted by Crippen LogP contribution is 2.45. The largest absolute Gasteiger partial charge is 0.480 e. The van der Waals surface area contributed by atoms with Crippen molar-refractivity contribution in [1.82, 2.24) is 9.80 Å². The van der Waals surface area contributed by atoms with E-state index in [1.165, 1.54) is 11.1 Å². The van der Waals surface area contributed by atoms with E-state index < -0.39 is 12.0 Å². The van der Waals surface area contributed by atoms with E-state index in [1.807, 2.05) is 6.07 Å². The van der Waals surface area contributed by atoms with Gasteiger partial charge < -0.3 is 10.0 Å². The molecule has 1 aromatic carbocycles. The third kappa shape index (κ3) is 4.14. The second-order valence-corrected chi connectivity index (χ2v) is 8.98. The summed E-state index contributed by atoms with van der Waals surface area (Å²) in [6.07, 6.45) is 6.66. The zero-order valence-electron chi connectivity index (χ0n) is 16.6. The molecule has 1 saturated carbocycles. The molecule has 0 unspecified atom stereocenters. The van der Waals surface area contributed by atoms with Crippen LogP contribution in [0.2, 0.25) is 0 Å². The molecule has 1 aromatic rings. The predicted octanol–water partition coefficient (Wildman–Crippen LogP) is 3.27. The summed E-state index contributed by atoms with van der Waals surface area (Å²) in [5, 5.41) is 9.65. The zero-order valence-corrected chi connectivity index (χ0v) is 16.6. The molecular weight excluding hydrogens is 352 g/mol. The summed E-state index contributed by atoms with van der Waals surface area (Å²) in [7, 11) is 0. The van der Waals surface area contributed by atoms with E-state index in [9.17, 15) is 14.7 Å². The number of benzene rings is 1. The normalized spacial score (nSPS) is 25.2. The molecule has 2 aliphatic heterocycles. The highest BCUT2D eigenvalue weighted by atomic mass is 16.4. The van der Waals surface area contributed by atoms with Crippen LogP contribution in [0.25, 0.3) is 6.08 Å². The first-order valence-corrected chi connectivity index (χ1v) is 10.4. The number of carboxylic acids is 1. The minimum atomic E-state index is -0.838. The molecule has 5 nitrogen and oxygen atoms in total. The van der Waals surface area contributed by atoms with Gasteiger partial charge in [-0.2, -0.15) is 0 Å². The number of carbonyl (C=O) groups is 2. The molecular formula is C23H30N2O3. The van der Waals surface area contributed by atoms with Crippen LogP contribution in [0, 0.1) is 11.3 Å². The number of carbonyl (C=O) groups excluding carboxylic acids is 1. The summed E-state index contributed by atoms with van der Waals surface area (Å²) < 4.78 is 0. The van der Waals surface area contributed by atoms with Crippen molar-refractivity contribution in [3.05, 3.63) is 41.5 Å². The van der Waals surface area contributed by atoms with E-state index in [4.69, 9.17) is 0 Å². The molecule has 0 radical (unpaired) electrons. The quantitative estimate of drug-likeness (QED) is 0.849. The van der Waals surface area contributed by atoms with E-state index in [0.29, 0.717) is 13.0 Å². The van der Waals surface area contributed by atoms with E-state index in [0.717, 1.165) is 45.3 Å². The van der Waals surface area contributed by atoms with Crippen LogP contribution in [0.15, 0.2) is 35.9 Å². The average molecular weight is 383 g/mol. The molecule has 28 heavy (non-hydrogen) atoms. The number of amides is 1. The molecule has 3 fully saturated rings. The molecule has 4 rings (SSSR count). The topological polar surface area (TPSA) is 60.9 Å². The van der Waals surface area contributed by atoms with Crippen LogP contribution < -0.4 is 0 Å². The Morgan fingerprint density at radius 3 is 2.46 bits per heavy atom. The lowest BCUT2D eigenvalue weighted by Crippen LogP contribution is -2.43. The fourth-order valence-corrected chi connectivity index (χ4v) is 4.85. The van der Waals surface area contributed by atoms with Gasteiger partial charge in [-0.1, -0.05) is 42.0 Å². The third-order valence-corrected chi connectivity index (χ3v) is 6.61. The lowest BCUT2D eigenvalue weighted by molar-refractivity contribution is -0.148. The van der Waals surface area contributed by atoms with Crippen molar-refractivity contribution < 1.29 is 14.7 Å². The minimum Gasteiger partial charge on any atom is -0.480 e. The van der Waals surface area contributed by atoms with E-state index in [-0.39, 0.29) is 17.2 Å². The number of rotatable bonds is 5. The van der Waals surface area contributed by atoms with Gasteiger partial charge in [-0.15, -0.1) is 0 Å². The molecule has 1 amide bonds. The van der Waals surface area contributed by atoms with Gasteiger partial charge in [-0.25, -0.2) is 4.79 Å². The van der Waals surface area contributed by atoms with Crippen molar-refractivity contribution in [3.8, 4) is 0 Å². The molecule has 1 N–H and O–H groups in total. The summed E-state index contributed by atoms with van der Waals surface area (Å²) in [6, 6.07) is 9.74. The first kappa shape index (κ1) is 19.2. The third-order valence-electron chi connectivity index (χ3n) is 6.61. The van der Waals surface area contributed by atoms with Crippen LogP contribution in [0.5, 0.6) is 0 Å². The number of hydrogen-bond acceptors (Lipinski definition) is 3. The average Bonchev–Trinajstić information content (AvgIpc) is 3.46. The monoisotopic (exact) mass is 382 g/mol. The van der Waals surface area contributed by atoms with Crippen LogP contribution >= 0.6 is 0 Å². The zero-order chi connectivity index (χ0) is 19.7. The van der Waals surface area contributed by atoms with Gasteiger partial charge in [0.25, 0.3) is 0 Å². The van der Waals surface area contributed by atoms with Gasteiger partial charge in [0.05, 0.1) is 0 Å². The SMILES string of the molecule is C/C(=C\c1ccccc1)CN1CCC2(CC1)C[C@@H](C(=O)O)N(C(=O)C1CC1)C2. The van der Waals surface area contributed by atoms with Gasteiger partial charge in [0.15, 0.2) is 0 Å². The lowest BCUT2D eigenvalue weighted by Gasteiger charge is -2.39. The molecule has 1 atom stereocenters. The Bertz CT molecular complexity index is 761. The molecule has 0 aromatic heterocycles. The Labute approximate surface area is 167 Å². The van der Waals surface area contributed by atoms with Crippen molar-refractivity contribution in [2.45, 2.75) is 45.1 Å². The molecule has 1 aliphatic carbocycles. The van der Waals surface area contributed by atoms with Gasteiger partial charge in [0.1, 0.15) is 6.04 Å². The highest BCUT2D eigenvalue weighted by molar-refractivity contribution is 5.87. The number of aliphatic carboxylic acids is 1. The number of piperidine rings is 1. The van der Waals surface area contributed by atoms with Crippen molar-refractivity contribution in [2.75, 3.05) is 26.2 Å². The minimum absolute atomic E-state index is 0.0127. The van der Waals surface area contributed by atoms with Gasteiger partial charge in [-0.3, -0.25) is 9.69 Å². The molecule has 3 aliphatic rings. The van der Waals surface area contributed by atoms with Crippen molar-refractivity contribution in [3.63, 3.8) is 0 Å².